The number of nitrogens with zero attached hydrogens (tertiary/aromatic N) is 1. The zero-order valence-electron chi connectivity index (χ0n) is 16.4. The highest BCUT2D eigenvalue weighted by atomic mass is 32.2. The average molecular weight is 448 g/mol. The lowest BCUT2D eigenvalue weighted by atomic mass is 10.2. The molecule has 1 aliphatic rings. The molecule has 0 saturated carbocycles. The van der Waals surface area contributed by atoms with Crippen molar-refractivity contribution in [2.45, 2.75) is 17.7 Å². The van der Waals surface area contributed by atoms with Crippen LogP contribution in [0.2, 0.25) is 0 Å². The van der Waals surface area contributed by atoms with Crippen LogP contribution in [-0.4, -0.2) is 50.1 Å². The van der Waals surface area contributed by atoms with Crippen molar-refractivity contribution in [1.82, 2.24) is 20.5 Å². The van der Waals surface area contributed by atoms with E-state index in [-0.39, 0.29) is 16.0 Å². The Hall–Kier alpha value is -3.31. The molecule has 164 valence electrons. The number of halogens is 1. The molecule has 2 aromatic carbocycles. The van der Waals surface area contributed by atoms with E-state index in [1.54, 1.807) is 0 Å². The second kappa shape index (κ2) is 9.67. The first-order chi connectivity index (χ1) is 14.8. The fourth-order valence-corrected chi connectivity index (χ4v) is 4.48. The Balaban J connectivity index is 1.48. The summed E-state index contributed by atoms with van der Waals surface area (Å²) in [6.45, 7) is 0.548. The summed E-state index contributed by atoms with van der Waals surface area (Å²) < 4.78 is 39.3. The van der Waals surface area contributed by atoms with Crippen molar-refractivity contribution in [2.75, 3.05) is 19.6 Å². The predicted molar refractivity (Wildman–Crippen MR) is 109 cm³/mol. The molecule has 1 saturated heterocycles. The number of benzene rings is 2. The molecule has 2 aromatic rings. The van der Waals surface area contributed by atoms with Gasteiger partial charge in [0, 0.05) is 24.2 Å². The Kier molecular flexibility index (Phi) is 6.98. The van der Waals surface area contributed by atoms with Gasteiger partial charge in [-0.2, -0.15) is 4.31 Å². The van der Waals surface area contributed by atoms with Gasteiger partial charge in [-0.25, -0.2) is 12.8 Å². The van der Waals surface area contributed by atoms with E-state index in [1.165, 1.54) is 40.7 Å². The number of carbonyl (C=O) groups is 3. The van der Waals surface area contributed by atoms with Crippen LogP contribution in [-0.2, 0) is 14.8 Å². The molecular formula is C20H21FN4O5S. The molecule has 1 fully saturated rings. The standard InChI is InChI=1S/C20H21FN4O5S/c21-16-7-3-14(4-8-16)19(27)22-13-18(26)23-24-20(28)15-5-9-17(10-6-15)31(29,30)25-11-1-2-12-25/h3-10H,1-2,11-13H2,(H,22,27)(H,23,26)(H,24,28). The Morgan fingerprint density at radius 1 is 0.839 bits per heavy atom. The second-order valence-electron chi connectivity index (χ2n) is 6.83. The molecule has 11 heteroatoms. The van der Waals surface area contributed by atoms with Crippen LogP contribution < -0.4 is 16.2 Å². The largest absolute Gasteiger partial charge is 0.343 e. The molecule has 0 aliphatic carbocycles. The third-order valence-electron chi connectivity index (χ3n) is 4.65. The number of amides is 3. The van der Waals surface area contributed by atoms with Crippen molar-refractivity contribution in [1.29, 1.82) is 0 Å². The summed E-state index contributed by atoms with van der Waals surface area (Å²) in [6.07, 6.45) is 1.65. The smallest absolute Gasteiger partial charge is 0.269 e. The van der Waals surface area contributed by atoms with Gasteiger partial charge in [0.15, 0.2) is 0 Å². The maximum absolute atomic E-state index is 12.9. The number of rotatable bonds is 6. The molecule has 3 rings (SSSR count). The Labute approximate surface area is 178 Å². The number of hydrazine groups is 1. The third kappa shape index (κ3) is 5.64. The van der Waals surface area contributed by atoms with Crippen molar-refractivity contribution in [3.63, 3.8) is 0 Å². The van der Waals surface area contributed by atoms with Gasteiger partial charge in [0.2, 0.25) is 10.0 Å². The van der Waals surface area contributed by atoms with E-state index in [4.69, 9.17) is 0 Å². The first-order valence-corrected chi connectivity index (χ1v) is 10.9. The van der Waals surface area contributed by atoms with Crippen LogP contribution >= 0.6 is 0 Å². The highest BCUT2D eigenvalue weighted by molar-refractivity contribution is 7.89. The van der Waals surface area contributed by atoms with Crippen molar-refractivity contribution < 1.29 is 27.2 Å². The van der Waals surface area contributed by atoms with Gasteiger partial charge in [0.25, 0.3) is 17.7 Å². The molecule has 0 aromatic heterocycles. The molecule has 9 nitrogen and oxygen atoms in total. The molecule has 31 heavy (non-hydrogen) atoms. The molecular weight excluding hydrogens is 427 g/mol. The van der Waals surface area contributed by atoms with Gasteiger partial charge in [0.1, 0.15) is 5.82 Å². The summed E-state index contributed by atoms with van der Waals surface area (Å²) in [6, 6.07) is 10.2. The Morgan fingerprint density at radius 2 is 1.39 bits per heavy atom. The average Bonchev–Trinajstić information content (AvgIpc) is 3.32. The van der Waals surface area contributed by atoms with Gasteiger partial charge >= 0.3 is 0 Å². The van der Waals surface area contributed by atoms with Crippen molar-refractivity contribution in [3.8, 4) is 0 Å². The van der Waals surface area contributed by atoms with Gasteiger partial charge in [0.05, 0.1) is 11.4 Å². The zero-order valence-corrected chi connectivity index (χ0v) is 17.2. The number of sulfonamides is 1. The highest BCUT2D eigenvalue weighted by Gasteiger charge is 2.27. The van der Waals surface area contributed by atoms with E-state index in [0.29, 0.717) is 13.1 Å². The van der Waals surface area contributed by atoms with Crippen molar-refractivity contribution in [2.24, 2.45) is 0 Å². The van der Waals surface area contributed by atoms with Gasteiger partial charge in [-0.1, -0.05) is 0 Å². The van der Waals surface area contributed by atoms with Crippen molar-refractivity contribution >= 4 is 27.7 Å². The quantitative estimate of drug-likeness (QED) is 0.564. The molecule has 0 bridgehead atoms. The molecule has 1 aliphatic heterocycles. The minimum atomic E-state index is -3.58. The first kappa shape index (κ1) is 22.4. The molecule has 0 spiro atoms. The zero-order chi connectivity index (χ0) is 22.4. The van der Waals surface area contributed by atoms with Gasteiger partial charge in [-0.3, -0.25) is 25.2 Å². The van der Waals surface area contributed by atoms with E-state index >= 15 is 0 Å². The lowest BCUT2D eigenvalue weighted by Gasteiger charge is -2.15. The van der Waals surface area contributed by atoms with Crippen molar-refractivity contribution in [3.05, 3.63) is 65.5 Å². The monoisotopic (exact) mass is 448 g/mol. The summed E-state index contributed by atoms with van der Waals surface area (Å²) >= 11 is 0. The van der Waals surface area contributed by atoms with Crippen LogP contribution in [0.4, 0.5) is 4.39 Å². The summed E-state index contributed by atoms with van der Waals surface area (Å²) in [5, 5.41) is 2.34. The lowest BCUT2D eigenvalue weighted by molar-refractivity contribution is -0.120. The van der Waals surface area contributed by atoms with Crippen LogP contribution in [0.25, 0.3) is 0 Å². The number of hydrogen-bond acceptors (Lipinski definition) is 5. The van der Waals surface area contributed by atoms with E-state index in [0.717, 1.165) is 25.0 Å². The summed E-state index contributed by atoms with van der Waals surface area (Å²) in [7, 11) is -3.58. The van der Waals surface area contributed by atoms with Gasteiger partial charge < -0.3 is 5.32 Å². The number of hydrogen-bond donors (Lipinski definition) is 3. The second-order valence-corrected chi connectivity index (χ2v) is 8.77. The van der Waals surface area contributed by atoms with Crippen LogP contribution in [0.5, 0.6) is 0 Å². The molecule has 0 radical (unpaired) electrons. The minimum absolute atomic E-state index is 0.0958. The molecule has 1 heterocycles. The van der Waals surface area contributed by atoms with E-state index < -0.39 is 40.1 Å². The SMILES string of the molecule is O=C(CNC(=O)c1ccc(F)cc1)NNC(=O)c1ccc(S(=O)(=O)N2CCCC2)cc1. The molecule has 0 unspecified atom stereocenters. The fraction of sp³-hybridized carbons (Fsp3) is 0.250. The summed E-state index contributed by atoms with van der Waals surface area (Å²) in [4.78, 5) is 35.9. The lowest BCUT2D eigenvalue weighted by Crippen LogP contribution is -2.46. The minimum Gasteiger partial charge on any atom is -0.343 e. The van der Waals surface area contributed by atoms with E-state index in [1.807, 2.05) is 0 Å². The van der Waals surface area contributed by atoms with Crippen LogP contribution in [0, 0.1) is 5.82 Å². The first-order valence-electron chi connectivity index (χ1n) is 9.50. The van der Waals surface area contributed by atoms with Crippen LogP contribution in [0.15, 0.2) is 53.4 Å². The van der Waals surface area contributed by atoms with Gasteiger partial charge in [-0.15, -0.1) is 0 Å². The molecule has 3 amide bonds. The topological polar surface area (TPSA) is 125 Å². The number of nitrogens with one attached hydrogen (secondary N) is 3. The maximum Gasteiger partial charge on any atom is 0.269 e. The normalized spacial score (nSPS) is 14.1. The van der Waals surface area contributed by atoms with E-state index in [9.17, 15) is 27.2 Å². The molecule has 3 N–H and O–H groups in total. The third-order valence-corrected chi connectivity index (χ3v) is 6.56. The maximum atomic E-state index is 12.9. The summed E-state index contributed by atoms with van der Waals surface area (Å²) in [5.74, 6) is -2.39. The number of carbonyl (C=O) groups excluding carboxylic acids is 3. The summed E-state index contributed by atoms with van der Waals surface area (Å²) in [5.41, 5.74) is 4.66. The Morgan fingerprint density at radius 3 is 2.00 bits per heavy atom. The predicted octanol–water partition coefficient (Wildman–Crippen LogP) is 0.801. The highest BCUT2D eigenvalue weighted by Crippen LogP contribution is 2.21. The molecule has 0 atom stereocenters. The van der Waals surface area contributed by atoms with Gasteiger partial charge in [-0.05, 0) is 61.4 Å². The Bertz CT molecular complexity index is 1070. The van der Waals surface area contributed by atoms with Crippen LogP contribution in [0.1, 0.15) is 33.6 Å². The fourth-order valence-electron chi connectivity index (χ4n) is 2.96. The van der Waals surface area contributed by atoms with Crippen LogP contribution in [0.3, 0.4) is 0 Å². The van der Waals surface area contributed by atoms with E-state index in [2.05, 4.69) is 16.2 Å².